The van der Waals surface area contributed by atoms with Gasteiger partial charge < -0.3 is 10.5 Å². The topological polar surface area (TPSA) is 48.1 Å². The molecule has 0 saturated carbocycles. The Bertz CT molecular complexity index is 371. The van der Waals surface area contributed by atoms with Gasteiger partial charge in [0.15, 0.2) is 0 Å². The quantitative estimate of drug-likeness (QED) is 0.835. The highest BCUT2D eigenvalue weighted by Crippen LogP contribution is 2.21. The number of ether oxygens (including phenoxy) is 1. The lowest BCUT2D eigenvalue weighted by Crippen LogP contribution is -2.09. The summed E-state index contributed by atoms with van der Waals surface area (Å²) in [4.78, 5) is 3.92. The SMILES string of the molecule is Nc1ccc(Cl)c(COCCCC(F)(F)F)n1. The zero-order valence-corrected chi connectivity index (χ0v) is 9.68. The summed E-state index contributed by atoms with van der Waals surface area (Å²) in [7, 11) is 0. The van der Waals surface area contributed by atoms with Crippen LogP contribution in [0.3, 0.4) is 0 Å². The normalized spacial score (nSPS) is 11.8. The molecule has 0 aliphatic rings. The van der Waals surface area contributed by atoms with E-state index in [4.69, 9.17) is 22.1 Å². The van der Waals surface area contributed by atoms with E-state index in [1.807, 2.05) is 0 Å². The molecule has 0 aromatic carbocycles. The highest BCUT2D eigenvalue weighted by Gasteiger charge is 2.25. The van der Waals surface area contributed by atoms with Crippen molar-refractivity contribution in [3.05, 3.63) is 22.8 Å². The van der Waals surface area contributed by atoms with E-state index in [2.05, 4.69) is 4.98 Å². The molecule has 0 saturated heterocycles. The summed E-state index contributed by atoms with van der Waals surface area (Å²) in [5.74, 6) is 0.295. The van der Waals surface area contributed by atoms with Crippen molar-refractivity contribution >= 4 is 17.4 Å². The molecule has 1 rings (SSSR count). The summed E-state index contributed by atoms with van der Waals surface area (Å²) >= 11 is 5.80. The van der Waals surface area contributed by atoms with Gasteiger partial charge in [-0.15, -0.1) is 0 Å². The third-order valence-electron chi connectivity index (χ3n) is 1.93. The molecule has 0 aliphatic heterocycles. The van der Waals surface area contributed by atoms with E-state index >= 15 is 0 Å². The van der Waals surface area contributed by atoms with Gasteiger partial charge in [0.1, 0.15) is 5.82 Å². The Morgan fingerprint density at radius 3 is 2.71 bits per heavy atom. The number of rotatable bonds is 5. The second-order valence-corrected chi connectivity index (χ2v) is 3.84. The highest BCUT2D eigenvalue weighted by atomic mass is 35.5. The van der Waals surface area contributed by atoms with Crippen molar-refractivity contribution in [2.75, 3.05) is 12.3 Å². The fraction of sp³-hybridized carbons (Fsp3) is 0.500. The molecule has 1 aromatic rings. The first-order valence-corrected chi connectivity index (χ1v) is 5.31. The molecule has 0 spiro atoms. The van der Waals surface area contributed by atoms with Gasteiger partial charge in [0.25, 0.3) is 0 Å². The van der Waals surface area contributed by atoms with Gasteiger partial charge in [-0.2, -0.15) is 13.2 Å². The molecule has 2 N–H and O–H groups in total. The van der Waals surface area contributed by atoms with E-state index in [9.17, 15) is 13.2 Å². The first kappa shape index (κ1) is 14.1. The van der Waals surface area contributed by atoms with Gasteiger partial charge >= 0.3 is 6.18 Å². The third kappa shape index (κ3) is 5.74. The number of alkyl halides is 3. The minimum absolute atomic E-state index is 0.00627. The lowest BCUT2D eigenvalue weighted by molar-refractivity contribution is -0.138. The lowest BCUT2D eigenvalue weighted by Gasteiger charge is -2.07. The fourth-order valence-corrected chi connectivity index (χ4v) is 1.31. The number of nitrogen functional groups attached to an aromatic ring is 1. The molecule has 17 heavy (non-hydrogen) atoms. The Labute approximate surface area is 102 Å². The Kier molecular flexibility index (Phi) is 5.02. The maximum atomic E-state index is 11.8. The zero-order chi connectivity index (χ0) is 12.9. The summed E-state index contributed by atoms with van der Waals surface area (Å²) in [6, 6.07) is 3.10. The van der Waals surface area contributed by atoms with Crippen LogP contribution in [-0.4, -0.2) is 17.8 Å². The Morgan fingerprint density at radius 2 is 2.06 bits per heavy atom. The number of hydrogen-bond donors (Lipinski definition) is 1. The third-order valence-corrected chi connectivity index (χ3v) is 2.27. The Balaban J connectivity index is 2.29. The van der Waals surface area contributed by atoms with Crippen LogP contribution in [0, 0.1) is 0 Å². The van der Waals surface area contributed by atoms with Crippen LogP contribution in [0.25, 0.3) is 0 Å². The molecular weight excluding hydrogens is 257 g/mol. The number of aromatic nitrogens is 1. The molecule has 0 amide bonds. The molecule has 96 valence electrons. The molecule has 1 aromatic heterocycles. The zero-order valence-electron chi connectivity index (χ0n) is 8.93. The second kappa shape index (κ2) is 6.07. The van der Waals surface area contributed by atoms with Gasteiger partial charge in [0.2, 0.25) is 0 Å². The van der Waals surface area contributed by atoms with Crippen molar-refractivity contribution in [2.45, 2.75) is 25.6 Å². The molecule has 0 bridgehead atoms. The summed E-state index contributed by atoms with van der Waals surface area (Å²) in [5.41, 5.74) is 5.87. The van der Waals surface area contributed by atoms with Crippen LogP contribution in [0.15, 0.2) is 12.1 Å². The van der Waals surface area contributed by atoms with E-state index < -0.39 is 12.6 Å². The lowest BCUT2D eigenvalue weighted by atomic mass is 10.3. The number of halogens is 4. The maximum absolute atomic E-state index is 11.8. The van der Waals surface area contributed by atoms with Crippen molar-refractivity contribution in [3.8, 4) is 0 Å². The average molecular weight is 269 g/mol. The largest absolute Gasteiger partial charge is 0.389 e. The van der Waals surface area contributed by atoms with Crippen LogP contribution in [0.4, 0.5) is 19.0 Å². The van der Waals surface area contributed by atoms with Crippen LogP contribution >= 0.6 is 11.6 Å². The number of nitrogens with zero attached hydrogens (tertiary/aromatic N) is 1. The van der Waals surface area contributed by atoms with Crippen molar-refractivity contribution in [3.63, 3.8) is 0 Å². The van der Waals surface area contributed by atoms with Crippen LogP contribution in [0.1, 0.15) is 18.5 Å². The second-order valence-electron chi connectivity index (χ2n) is 3.44. The molecule has 0 fully saturated rings. The minimum Gasteiger partial charge on any atom is -0.384 e. The van der Waals surface area contributed by atoms with Gasteiger partial charge in [-0.3, -0.25) is 0 Å². The maximum Gasteiger partial charge on any atom is 0.389 e. The minimum atomic E-state index is -4.14. The molecule has 0 atom stereocenters. The van der Waals surface area contributed by atoms with E-state index in [0.717, 1.165) is 0 Å². The first-order valence-electron chi connectivity index (χ1n) is 4.94. The molecule has 7 heteroatoms. The van der Waals surface area contributed by atoms with Crippen molar-refractivity contribution in [1.82, 2.24) is 4.98 Å². The molecule has 0 unspecified atom stereocenters. The predicted octanol–water partition coefficient (Wildman–Crippen LogP) is 3.18. The van der Waals surface area contributed by atoms with Crippen molar-refractivity contribution in [1.29, 1.82) is 0 Å². The van der Waals surface area contributed by atoms with Crippen LogP contribution in [0.2, 0.25) is 5.02 Å². The molecular formula is C10H12ClF3N2O. The predicted molar refractivity (Wildman–Crippen MR) is 58.6 cm³/mol. The molecule has 1 heterocycles. The molecule has 0 radical (unpaired) electrons. The van der Waals surface area contributed by atoms with E-state index in [1.54, 1.807) is 6.07 Å². The van der Waals surface area contributed by atoms with Gasteiger partial charge in [-0.05, 0) is 18.6 Å². The highest BCUT2D eigenvalue weighted by molar-refractivity contribution is 6.31. The fourth-order valence-electron chi connectivity index (χ4n) is 1.15. The van der Waals surface area contributed by atoms with E-state index in [0.29, 0.717) is 16.5 Å². The first-order chi connectivity index (χ1) is 7.88. The number of nitrogens with two attached hydrogens (primary N) is 1. The van der Waals surface area contributed by atoms with Gasteiger partial charge in [-0.25, -0.2) is 4.98 Å². The summed E-state index contributed by atoms with van der Waals surface area (Å²) < 4.78 is 40.5. The summed E-state index contributed by atoms with van der Waals surface area (Å²) in [6.07, 6.45) is -5.08. The van der Waals surface area contributed by atoms with Crippen molar-refractivity contribution in [2.24, 2.45) is 0 Å². The molecule has 3 nitrogen and oxygen atoms in total. The van der Waals surface area contributed by atoms with Gasteiger partial charge in [-0.1, -0.05) is 11.6 Å². The van der Waals surface area contributed by atoms with Crippen molar-refractivity contribution < 1.29 is 17.9 Å². The number of hydrogen-bond acceptors (Lipinski definition) is 3. The van der Waals surface area contributed by atoms with Crippen LogP contribution < -0.4 is 5.73 Å². The average Bonchev–Trinajstić information content (AvgIpc) is 2.21. The Hall–Kier alpha value is -1.01. The number of pyridine rings is 1. The van der Waals surface area contributed by atoms with E-state index in [1.165, 1.54) is 6.07 Å². The van der Waals surface area contributed by atoms with Gasteiger partial charge in [0.05, 0.1) is 17.3 Å². The van der Waals surface area contributed by atoms with Gasteiger partial charge in [0, 0.05) is 13.0 Å². The van der Waals surface area contributed by atoms with Crippen LogP contribution in [-0.2, 0) is 11.3 Å². The molecule has 0 aliphatic carbocycles. The summed E-state index contributed by atoms with van der Waals surface area (Å²) in [6.45, 7) is 0.0635. The monoisotopic (exact) mass is 268 g/mol. The number of anilines is 1. The standard InChI is InChI=1S/C10H12ClF3N2O/c11-7-2-3-9(15)16-8(7)6-17-5-1-4-10(12,13)14/h2-3H,1,4-6H2,(H2,15,16). The van der Waals surface area contributed by atoms with E-state index in [-0.39, 0.29) is 19.6 Å². The smallest absolute Gasteiger partial charge is 0.384 e. The van der Waals surface area contributed by atoms with Crippen LogP contribution in [0.5, 0.6) is 0 Å². The Morgan fingerprint density at radius 1 is 1.35 bits per heavy atom. The summed E-state index contributed by atoms with van der Waals surface area (Å²) in [5, 5.41) is 0.384.